The van der Waals surface area contributed by atoms with Crippen molar-refractivity contribution in [3.63, 3.8) is 0 Å². The number of ether oxygens (including phenoxy) is 1. The van der Waals surface area contributed by atoms with E-state index in [-0.39, 0.29) is 5.91 Å². The average Bonchev–Trinajstić information content (AvgIpc) is 2.63. The number of carbonyl (C=O) groups excluding carboxylic acids is 1. The van der Waals surface area contributed by atoms with Crippen molar-refractivity contribution in [2.75, 3.05) is 25.0 Å². The van der Waals surface area contributed by atoms with Gasteiger partial charge in [0.05, 0.1) is 0 Å². The van der Waals surface area contributed by atoms with Crippen molar-refractivity contribution in [3.8, 4) is 5.75 Å². The van der Waals surface area contributed by atoms with Crippen LogP contribution in [-0.2, 0) is 11.4 Å². The summed E-state index contributed by atoms with van der Waals surface area (Å²) in [5.74, 6) is 0.986. The lowest BCUT2D eigenvalue weighted by atomic mass is 10.2. The zero-order valence-electron chi connectivity index (χ0n) is 14.8. The van der Waals surface area contributed by atoms with E-state index in [9.17, 15) is 4.79 Å². The largest absolute Gasteiger partial charge is 0.489 e. The van der Waals surface area contributed by atoms with Gasteiger partial charge in [-0.05, 0) is 55.8 Å². The monoisotopic (exact) mass is 360 g/mol. The van der Waals surface area contributed by atoms with Gasteiger partial charge in [0.2, 0.25) is 5.91 Å². The Morgan fingerprint density at radius 3 is 2.28 bits per heavy atom. The normalized spacial score (nSPS) is 10.4. The molecule has 0 fully saturated rings. The van der Waals surface area contributed by atoms with E-state index in [2.05, 4.69) is 5.32 Å². The smallest absolute Gasteiger partial charge is 0.224 e. The van der Waals surface area contributed by atoms with Crippen molar-refractivity contribution in [2.24, 2.45) is 0 Å². The second kappa shape index (κ2) is 9.94. The molecule has 0 unspecified atom stereocenters. The number of amides is 1. The summed E-state index contributed by atoms with van der Waals surface area (Å²) >= 11 is 5.87. The Kier molecular flexibility index (Phi) is 7.61. The fraction of sp³-hybridized carbons (Fsp3) is 0.350. The van der Waals surface area contributed by atoms with Gasteiger partial charge in [0.15, 0.2) is 0 Å². The number of carbonyl (C=O) groups is 1. The average molecular weight is 361 g/mol. The highest BCUT2D eigenvalue weighted by Crippen LogP contribution is 2.18. The number of benzene rings is 2. The van der Waals surface area contributed by atoms with E-state index in [1.54, 1.807) is 0 Å². The molecule has 25 heavy (non-hydrogen) atoms. The number of rotatable bonds is 9. The Bertz CT molecular complexity index is 652. The lowest BCUT2D eigenvalue weighted by Crippen LogP contribution is -2.31. The summed E-state index contributed by atoms with van der Waals surface area (Å²) in [7, 11) is 0. The second-order valence-electron chi connectivity index (χ2n) is 5.68. The Morgan fingerprint density at radius 1 is 1.04 bits per heavy atom. The molecule has 0 atom stereocenters. The van der Waals surface area contributed by atoms with Gasteiger partial charge in [-0.25, -0.2) is 0 Å². The molecule has 2 aromatic rings. The number of nitrogens with one attached hydrogen (secondary N) is 1. The molecule has 0 aromatic heterocycles. The van der Waals surface area contributed by atoms with E-state index in [0.29, 0.717) is 19.6 Å². The van der Waals surface area contributed by atoms with Crippen LogP contribution in [0.2, 0.25) is 5.02 Å². The van der Waals surface area contributed by atoms with Crippen LogP contribution in [0.25, 0.3) is 0 Å². The minimum Gasteiger partial charge on any atom is -0.489 e. The molecule has 1 N–H and O–H groups in total. The van der Waals surface area contributed by atoms with Crippen LogP contribution < -0.4 is 10.1 Å². The fourth-order valence-corrected chi connectivity index (χ4v) is 2.59. The van der Waals surface area contributed by atoms with Crippen molar-refractivity contribution in [3.05, 3.63) is 59.1 Å². The summed E-state index contributed by atoms with van der Waals surface area (Å²) in [5.41, 5.74) is 2.05. The van der Waals surface area contributed by atoms with E-state index in [1.807, 2.05) is 67.3 Å². The van der Waals surface area contributed by atoms with Gasteiger partial charge >= 0.3 is 0 Å². The van der Waals surface area contributed by atoms with Crippen molar-refractivity contribution >= 4 is 23.2 Å². The third-order valence-electron chi connectivity index (χ3n) is 3.96. The quantitative estimate of drug-likeness (QED) is 0.711. The predicted octanol–water partition coefficient (Wildman–Crippen LogP) is 4.59. The van der Waals surface area contributed by atoms with Gasteiger partial charge in [0, 0.05) is 36.8 Å². The van der Waals surface area contributed by atoms with Crippen molar-refractivity contribution in [1.82, 2.24) is 4.90 Å². The molecule has 0 aliphatic carbocycles. The zero-order chi connectivity index (χ0) is 18.1. The topological polar surface area (TPSA) is 41.6 Å². The molecular weight excluding hydrogens is 336 g/mol. The Balaban J connectivity index is 1.75. The standard InChI is InChI=1S/C20H25ClN2O2/c1-3-23(4-2)20(24)13-14-22-18-9-11-19(12-10-18)25-15-16-5-7-17(21)8-6-16/h5-12,22H,3-4,13-15H2,1-2H3. The maximum atomic E-state index is 11.9. The number of hydrogen-bond acceptors (Lipinski definition) is 3. The van der Waals surface area contributed by atoms with Crippen LogP contribution in [0.4, 0.5) is 5.69 Å². The highest BCUT2D eigenvalue weighted by Gasteiger charge is 2.08. The second-order valence-corrected chi connectivity index (χ2v) is 6.12. The minimum atomic E-state index is 0.181. The molecule has 0 aliphatic rings. The molecule has 4 nitrogen and oxygen atoms in total. The SMILES string of the molecule is CCN(CC)C(=O)CCNc1ccc(OCc2ccc(Cl)cc2)cc1. The van der Waals surface area contributed by atoms with Gasteiger partial charge in [0.25, 0.3) is 0 Å². The van der Waals surface area contributed by atoms with Gasteiger partial charge in [0.1, 0.15) is 12.4 Å². The van der Waals surface area contributed by atoms with E-state index in [0.717, 1.165) is 35.1 Å². The molecule has 2 rings (SSSR count). The number of halogens is 1. The highest BCUT2D eigenvalue weighted by molar-refractivity contribution is 6.30. The molecule has 1 amide bonds. The number of nitrogens with zero attached hydrogens (tertiary/aromatic N) is 1. The van der Waals surface area contributed by atoms with Gasteiger partial charge in [-0.1, -0.05) is 23.7 Å². The highest BCUT2D eigenvalue weighted by atomic mass is 35.5. The summed E-state index contributed by atoms with van der Waals surface area (Å²) in [6.07, 6.45) is 0.497. The van der Waals surface area contributed by atoms with Gasteiger partial charge in [-0.3, -0.25) is 4.79 Å². The Labute approximate surface area is 154 Å². The maximum absolute atomic E-state index is 11.9. The first-order chi connectivity index (χ1) is 12.1. The molecule has 0 saturated carbocycles. The first-order valence-electron chi connectivity index (χ1n) is 8.61. The fourth-order valence-electron chi connectivity index (χ4n) is 2.46. The first-order valence-corrected chi connectivity index (χ1v) is 8.99. The molecule has 0 saturated heterocycles. The van der Waals surface area contributed by atoms with E-state index in [1.165, 1.54) is 0 Å². The summed E-state index contributed by atoms with van der Waals surface area (Å²) in [4.78, 5) is 13.8. The number of anilines is 1. The molecule has 0 radical (unpaired) electrons. The lowest BCUT2D eigenvalue weighted by molar-refractivity contribution is -0.130. The predicted molar refractivity (Wildman–Crippen MR) is 103 cm³/mol. The Hall–Kier alpha value is -2.20. The zero-order valence-corrected chi connectivity index (χ0v) is 15.6. The lowest BCUT2D eigenvalue weighted by Gasteiger charge is -2.18. The van der Waals surface area contributed by atoms with Crippen LogP contribution in [0, 0.1) is 0 Å². The molecule has 0 spiro atoms. The third-order valence-corrected chi connectivity index (χ3v) is 4.21. The van der Waals surface area contributed by atoms with Gasteiger partial charge in [-0.2, -0.15) is 0 Å². The molecule has 0 heterocycles. The Morgan fingerprint density at radius 2 is 1.68 bits per heavy atom. The molecule has 0 bridgehead atoms. The summed E-state index contributed by atoms with van der Waals surface area (Å²) in [5, 5.41) is 3.99. The van der Waals surface area contributed by atoms with Gasteiger partial charge in [-0.15, -0.1) is 0 Å². The summed E-state index contributed by atoms with van der Waals surface area (Å²) in [6.45, 7) is 6.64. The van der Waals surface area contributed by atoms with Crippen molar-refractivity contribution in [2.45, 2.75) is 26.9 Å². The molecule has 5 heteroatoms. The van der Waals surface area contributed by atoms with E-state index in [4.69, 9.17) is 16.3 Å². The van der Waals surface area contributed by atoms with Gasteiger partial charge < -0.3 is 15.0 Å². The summed E-state index contributed by atoms with van der Waals surface area (Å²) in [6, 6.07) is 15.4. The van der Waals surface area contributed by atoms with Crippen LogP contribution in [0.1, 0.15) is 25.8 Å². The molecule has 134 valence electrons. The molecule has 0 aliphatic heterocycles. The minimum absolute atomic E-state index is 0.181. The third kappa shape index (κ3) is 6.31. The van der Waals surface area contributed by atoms with Crippen LogP contribution in [0.15, 0.2) is 48.5 Å². The van der Waals surface area contributed by atoms with Crippen molar-refractivity contribution < 1.29 is 9.53 Å². The summed E-state index contributed by atoms with van der Waals surface area (Å²) < 4.78 is 5.76. The first kappa shape index (κ1) is 19.1. The van der Waals surface area contributed by atoms with Crippen molar-refractivity contribution in [1.29, 1.82) is 0 Å². The van der Waals surface area contributed by atoms with E-state index >= 15 is 0 Å². The molecule has 2 aromatic carbocycles. The van der Waals surface area contributed by atoms with E-state index < -0.39 is 0 Å². The van der Waals surface area contributed by atoms with Crippen LogP contribution >= 0.6 is 11.6 Å². The van der Waals surface area contributed by atoms with Crippen LogP contribution in [0.5, 0.6) is 5.75 Å². The van der Waals surface area contributed by atoms with Crippen LogP contribution in [0.3, 0.4) is 0 Å². The molecular formula is C20H25ClN2O2. The maximum Gasteiger partial charge on any atom is 0.224 e. The van der Waals surface area contributed by atoms with Crippen LogP contribution in [-0.4, -0.2) is 30.4 Å². The number of hydrogen-bond donors (Lipinski definition) is 1.